The van der Waals surface area contributed by atoms with Crippen molar-refractivity contribution in [3.8, 4) is 11.8 Å². The zero-order chi connectivity index (χ0) is 12.1. The number of hydrogen-bond donors (Lipinski definition) is 1. The molecule has 2 N–H and O–H groups in total. The molecule has 0 saturated carbocycles. The molecule has 17 heavy (non-hydrogen) atoms. The van der Waals surface area contributed by atoms with E-state index in [0.717, 1.165) is 12.1 Å². The van der Waals surface area contributed by atoms with E-state index in [1.807, 2.05) is 16.0 Å². The van der Waals surface area contributed by atoms with E-state index in [4.69, 9.17) is 5.73 Å². The zero-order valence-corrected chi connectivity index (χ0v) is 10.0. The third-order valence-corrected chi connectivity index (χ3v) is 3.16. The van der Waals surface area contributed by atoms with Gasteiger partial charge in [-0.15, -0.1) is 11.3 Å². The largest absolute Gasteiger partial charge is 0.349 e. The predicted octanol–water partition coefficient (Wildman–Crippen LogP) is 1.27. The Morgan fingerprint density at radius 3 is 2.76 bits per heavy atom. The second kappa shape index (κ2) is 5.48. The first kappa shape index (κ1) is 11.6. The molecule has 2 rings (SSSR count). The van der Waals surface area contributed by atoms with E-state index in [1.54, 1.807) is 35.9 Å². The fourth-order valence-corrected chi connectivity index (χ4v) is 2.27. The number of rotatable bonds is 2. The summed E-state index contributed by atoms with van der Waals surface area (Å²) in [5.41, 5.74) is 6.39. The third kappa shape index (κ3) is 3.06. The number of aromatic nitrogens is 1. The number of nitrogens with zero attached hydrogens (tertiary/aromatic N) is 1. The standard InChI is InChI=1S/C13H12N2OS/c14-6-1-2-11-5-9-17-13(11)10-15-7-3-12(16)4-8-15/h3-5,7-9H,6,10,14H2. The van der Waals surface area contributed by atoms with Crippen molar-refractivity contribution in [3.63, 3.8) is 0 Å². The fourth-order valence-electron chi connectivity index (χ4n) is 1.44. The van der Waals surface area contributed by atoms with Crippen LogP contribution >= 0.6 is 11.3 Å². The normalized spacial score (nSPS) is 9.71. The maximum absolute atomic E-state index is 11.0. The van der Waals surface area contributed by atoms with Gasteiger partial charge in [0.15, 0.2) is 5.43 Å². The SMILES string of the molecule is NCC#Cc1ccsc1Cn1ccc(=O)cc1. The van der Waals surface area contributed by atoms with Crippen LogP contribution in [0, 0.1) is 11.8 Å². The summed E-state index contributed by atoms with van der Waals surface area (Å²) in [7, 11) is 0. The Morgan fingerprint density at radius 2 is 2.06 bits per heavy atom. The monoisotopic (exact) mass is 244 g/mol. The van der Waals surface area contributed by atoms with Gasteiger partial charge in [0.1, 0.15) is 0 Å². The van der Waals surface area contributed by atoms with E-state index in [0.29, 0.717) is 6.54 Å². The minimum absolute atomic E-state index is 0.0237. The number of pyridine rings is 1. The van der Waals surface area contributed by atoms with Crippen LogP contribution in [0.1, 0.15) is 10.4 Å². The highest BCUT2D eigenvalue weighted by Crippen LogP contribution is 2.16. The molecule has 0 atom stereocenters. The van der Waals surface area contributed by atoms with Gasteiger partial charge in [0, 0.05) is 35.0 Å². The van der Waals surface area contributed by atoms with Crippen LogP contribution < -0.4 is 11.2 Å². The van der Waals surface area contributed by atoms with Crippen LogP contribution in [0.3, 0.4) is 0 Å². The first-order valence-electron chi connectivity index (χ1n) is 5.21. The predicted molar refractivity (Wildman–Crippen MR) is 70.1 cm³/mol. The molecule has 0 bridgehead atoms. The Kier molecular flexibility index (Phi) is 3.76. The molecule has 0 aromatic carbocycles. The second-order valence-electron chi connectivity index (χ2n) is 3.47. The molecule has 0 saturated heterocycles. The molecule has 3 nitrogen and oxygen atoms in total. The molecule has 4 heteroatoms. The minimum atomic E-state index is 0.0237. The third-order valence-electron chi connectivity index (χ3n) is 2.26. The van der Waals surface area contributed by atoms with Crippen LogP contribution in [0.15, 0.2) is 40.8 Å². The Hall–Kier alpha value is -1.83. The lowest BCUT2D eigenvalue weighted by atomic mass is 10.2. The Labute approximate surface area is 104 Å². The summed E-state index contributed by atoms with van der Waals surface area (Å²) < 4.78 is 1.96. The maximum Gasteiger partial charge on any atom is 0.181 e. The first-order valence-corrected chi connectivity index (χ1v) is 6.09. The van der Waals surface area contributed by atoms with Crippen molar-refractivity contribution in [1.29, 1.82) is 0 Å². The fraction of sp³-hybridized carbons (Fsp3) is 0.154. The topological polar surface area (TPSA) is 48.0 Å². The average molecular weight is 244 g/mol. The van der Waals surface area contributed by atoms with Crippen molar-refractivity contribution in [2.45, 2.75) is 6.54 Å². The average Bonchev–Trinajstić information content (AvgIpc) is 2.77. The maximum atomic E-state index is 11.0. The number of thiophene rings is 1. The Morgan fingerprint density at radius 1 is 1.29 bits per heavy atom. The first-order chi connectivity index (χ1) is 8.29. The molecule has 0 amide bonds. The molecular formula is C13H12N2OS. The van der Waals surface area contributed by atoms with E-state index in [9.17, 15) is 4.79 Å². The molecule has 0 spiro atoms. The number of hydrogen-bond acceptors (Lipinski definition) is 3. The van der Waals surface area contributed by atoms with E-state index in [2.05, 4.69) is 11.8 Å². The molecule has 0 radical (unpaired) electrons. The van der Waals surface area contributed by atoms with Crippen molar-refractivity contribution >= 4 is 11.3 Å². The Balaban J connectivity index is 2.21. The van der Waals surface area contributed by atoms with Crippen LogP contribution in [0.4, 0.5) is 0 Å². The minimum Gasteiger partial charge on any atom is -0.349 e. The van der Waals surface area contributed by atoms with Crippen LogP contribution in [0.25, 0.3) is 0 Å². The highest BCUT2D eigenvalue weighted by Gasteiger charge is 2.01. The summed E-state index contributed by atoms with van der Waals surface area (Å²) in [6, 6.07) is 5.10. The lowest BCUT2D eigenvalue weighted by Crippen LogP contribution is -2.04. The van der Waals surface area contributed by atoms with Crippen molar-refractivity contribution in [2.24, 2.45) is 5.73 Å². The van der Waals surface area contributed by atoms with Gasteiger partial charge < -0.3 is 10.3 Å². The van der Waals surface area contributed by atoms with Crippen LogP contribution in [0.2, 0.25) is 0 Å². The molecular weight excluding hydrogens is 232 g/mol. The lowest BCUT2D eigenvalue weighted by Gasteiger charge is -2.03. The van der Waals surface area contributed by atoms with Crippen molar-refractivity contribution < 1.29 is 0 Å². The van der Waals surface area contributed by atoms with Crippen LogP contribution in [0.5, 0.6) is 0 Å². The quantitative estimate of drug-likeness (QED) is 0.809. The summed E-state index contributed by atoms with van der Waals surface area (Å²) in [5.74, 6) is 5.90. The molecule has 0 aliphatic carbocycles. The summed E-state index contributed by atoms with van der Waals surface area (Å²) in [4.78, 5) is 12.2. The van der Waals surface area contributed by atoms with Gasteiger partial charge in [-0.3, -0.25) is 4.79 Å². The van der Waals surface area contributed by atoms with Crippen LogP contribution in [-0.2, 0) is 6.54 Å². The summed E-state index contributed by atoms with van der Waals surface area (Å²) >= 11 is 1.66. The van der Waals surface area contributed by atoms with Gasteiger partial charge in [-0.05, 0) is 11.4 Å². The van der Waals surface area contributed by atoms with Crippen molar-refractivity contribution in [2.75, 3.05) is 6.54 Å². The molecule has 0 aliphatic rings. The molecule has 2 aromatic heterocycles. The molecule has 2 heterocycles. The lowest BCUT2D eigenvalue weighted by molar-refractivity contribution is 0.799. The molecule has 86 valence electrons. The number of nitrogens with two attached hydrogens (primary N) is 1. The van der Waals surface area contributed by atoms with Crippen molar-refractivity contribution in [3.05, 3.63) is 56.6 Å². The van der Waals surface area contributed by atoms with Gasteiger partial charge in [-0.1, -0.05) is 11.8 Å². The smallest absolute Gasteiger partial charge is 0.181 e. The second-order valence-corrected chi connectivity index (χ2v) is 4.47. The Bertz CT molecular complexity index is 596. The summed E-state index contributed by atoms with van der Waals surface area (Å²) in [6.45, 7) is 1.10. The van der Waals surface area contributed by atoms with E-state index >= 15 is 0 Å². The van der Waals surface area contributed by atoms with Gasteiger partial charge in [0.2, 0.25) is 0 Å². The molecule has 0 unspecified atom stereocenters. The van der Waals surface area contributed by atoms with E-state index in [1.165, 1.54) is 4.88 Å². The van der Waals surface area contributed by atoms with Crippen molar-refractivity contribution in [1.82, 2.24) is 4.57 Å². The van der Waals surface area contributed by atoms with E-state index in [-0.39, 0.29) is 5.43 Å². The molecule has 0 aliphatic heterocycles. The molecule has 2 aromatic rings. The zero-order valence-electron chi connectivity index (χ0n) is 9.22. The van der Waals surface area contributed by atoms with Gasteiger partial charge in [-0.25, -0.2) is 0 Å². The van der Waals surface area contributed by atoms with Gasteiger partial charge >= 0.3 is 0 Å². The van der Waals surface area contributed by atoms with Crippen LogP contribution in [-0.4, -0.2) is 11.1 Å². The van der Waals surface area contributed by atoms with E-state index < -0.39 is 0 Å². The molecule has 0 fully saturated rings. The summed E-state index contributed by atoms with van der Waals surface area (Å²) in [6.07, 6.45) is 3.56. The highest BCUT2D eigenvalue weighted by atomic mass is 32.1. The summed E-state index contributed by atoms with van der Waals surface area (Å²) in [5, 5.41) is 2.01. The van der Waals surface area contributed by atoms with Gasteiger partial charge in [0.25, 0.3) is 0 Å². The highest BCUT2D eigenvalue weighted by molar-refractivity contribution is 7.10. The van der Waals surface area contributed by atoms with Gasteiger partial charge in [-0.2, -0.15) is 0 Å². The van der Waals surface area contributed by atoms with Gasteiger partial charge in [0.05, 0.1) is 13.1 Å².